The van der Waals surface area contributed by atoms with Crippen LogP contribution in [0.25, 0.3) is 0 Å². The maximum Gasteiger partial charge on any atom is 0.355 e. The molecule has 0 unspecified atom stereocenters. The highest BCUT2D eigenvalue weighted by atomic mass is 16.5. The average molecular weight is 443 g/mol. The second-order valence-corrected chi connectivity index (χ2v) is 8.34. The number of nitrogens with one attached hydrogen (secondary N) is 2. The number of H-pyrrole nitrogens is 1. The number of nitrogens with zero attached hydrogens (tertiary/aromatic N) is 4. The highest BCUT2D eigenvalue weighted by Gasteiger charge is 2.22. The molecule has 0 bridgehead atoms. The molecule has 172 valence electrons. The Hall–Kier alpha value is -3.14. The summed E-state index contributed by atoms with van der Waals surface area (Å²) in [6, 6.07) is 7.76. The minimum atomic E-state index is -0.549. The van der Waals surface area contributed by atoms with Gasteiger partial charge in [-0.2, -0.15) is 4.98 Å². The lowest BCUT2D eigenvalue weighted by Gasteiger charge is -2.36. The highest BCUT2D eigenvalue weighted by Crippen LogP contribution is 2.23. The molecular formula is C22H30N6O4. The molecule has 1 atom stereocenters. The first-order valence-electron chi connectivity index (χ1n) is 11.1. The number of hydrogen-bond acceptors (Lipinski definition) is 7. The summed E-state index contributed by atoms with van der Waals surface area (Å²) in [5.41, 5.74) is 1.08. The van der Waals surface area contributed by atoms with Gasteiger partial charge in [0.05, 0.1) is 6.04 Å². The van der Waals surface area contributed by atoms with Gasteiger partial charge in [-0.1, -0.05) is 12.1 Å². The normalized spacial score (nSPS) is 18.4. The second kappa shape index (κ2) is 9.56. The molecule has 2 saturated heterocycles. The van der Waals surface area contributed by atoms with Crippen molar-refractivity contribution in [1.82, 2.24) is 19.4 Å². The van der Waals surface area contributed by atoms with Gasteiger partial charge in [-0.15, -0.1) is 0 Å². The molecule has 2 aliphatic rings. The van der Waals surface area contributed by atoms with Crippen LogP contribution in [-0.2, 0) is 9.53 Å². The van der Waals surface area contributed by atoms with Crippen molar-refractivity contribution < 1.29 is 9.53 Å². The van der Waals surface area contributed by atoms with Crippen LogP contribution >= 0.6 is 0 Å². The Balaban J connectivity index is 1.46. The second-order valence-electron chi connectivity index (χ2n) is 8.34. The number of carbonyl (C=O) groups excluding carboxylic acids is 1. The predicted molar refractivity (Wildman–Crippen MR) is 121 cm³/mol. The molecule has 1 amide bonds. The first-order chi connectivity index (χ1) is 15.4. The fraction of sp³-hybridized carbons (Fsp3) is 0.545. The van der Waals surface area contributed by atoms with E-state index in [1.807, 2.05) is 24.0 Å². The Bertz CT molecular complexity index is 1040. The fourth-order valence-electron chi connectivity index (χ4n) is 4.32. The molecule has 3 heterocycles. The number of benzene rings is 1. The summed E-state index contributed by atoms with van der Waals surface area (Å²) < 4.78 is 6.51. The molecule has 10 nitrogen and oxygen atoms in total. The molecule has 10 heteroatoms. The number of amides is 1. The van der Waals surface area contributed by atoms with Gasteiger partial charge in [0, 0.05) is 58.0 Å². The zero-order valence-corrected chi connectivity index (χ0v) is 18.5. The Labute approximate surface area is 186 Å². The van der Waals surface area contributed by atoms with E-state index in [0.29, 0.717) is 39.1 Å². The summed E-state index contributed by atoms with van der Waals surface area (Å²) in [4.78, 5) is 47.5. The summed E-state index contributed by atoms with van der Waals surface area (Å²) in [7, 11) is 0. The number of ether oxygens (including phenoxy) is 1. The third kappa shape index (κ3) is 4.85. The van der Waals surface area contributed by atoms with E-state index in [-0.39, 0.29) is 23.9 Å². The molecular weight excluding hydrogens is 412 g/mol. The van der Waals surface area contributed by atoms with Crippen LogP contribution in [0.2, 0.25) is 0 Å². The highest BCUT2D eigenvalue weighted by molar-refractivity contribution is 5.73. The Morgan fingerprint density at radius 1 is 1.19 bits per heavy atom. The largest absolute Gasteiger partial charge is 0.381 e. The molecule has 2 fully saturated rings. The van der Waals surface area contributed by atoms with Crippen molar-refractivity contribution in [2.24, 2.45) is 0 Å². The zero-order valence-electron chi connectivity index (χ0n) is 18.5. The molecule has 1 aromatic heterocycles. The van der Waals surface area contributed by atoms with Crippen LogP contribution in [-0.4, -0.2) is 64.7 Å². The van der Waals surface area contributed by atoms with Gasteiger partial charge >= 0.3 is 11.4 Å². The molecule has 2 aliphatic heterocycles. The molecule has 2 aromatic rings. The molecule has 4 rings (SSSR count). The number of piperazine rings is 1. The monoisotopic (exact) mass is 442 g/mol. The number of carbonyl (C=O) groups is 1. The van der Waals surface area contributed by atoms with E-state index in [4.69, 9.17) is 4.74 Å². The van der Waals surface area contributed by atoms with Crippen LogP contribution in [0, 0.1) is 0 Å². The van der Waals surface area contributed by atoms with Gasteiger partial charge in [-0.3, -0.25) is 9.78 Å². The van der Waals surface area contributed by atoms with Crippen molar-refractivity contribution in [3.8, 4) is 0 Å². The number of rotatable bonds is 5. The third-order valence-corrected chi connectivity index (χ3v) is 6.23. The molecule has 32 heavy (non-hydrogen) atoms. The van der Waals surface area contributed by atoms with E-state index in [1.54, 1.807) is 6.92 Å². The summed E-state index contributed by atoms with van der Waals surface area (Å²) in [6.07, 6.45) is 1.25. The first-order valence-corrected chi connectivity index (χ1v) is 11.1. The summed E-state index contributed by atoms with van der Waals surface area (Å²) in [5.74, 6) is 0.271. The SMILES string of the molecule is CC(=O)N1CCN(c2cccc([C@H](C)Nc3nc(=O)n(C4CCOCC4)c(=O)[nH]3)c2)CC1. The van der Waals surface area contributed by atoms with Crippen molar-refractivity contribution in [2.45, 2.75) is 38.8 Å². The van der Waals surface area contributed by atoms with Gasteiger partial charge in [0.15, 0.2) is 0 Å². The van der Waals surface area contributed by atoms with Gasteiger partial charge in [-0.25, -0.2) is 14.2 Å². The summed E-state index contributed by atoms with van der Waals surface area (Å²) in [6.45, 7) is 7.61. The molecule has 0 spiro atoms. The molecule has 0 saturated carbocycles. The van der Waals surface area contributed by atoms with Gasteiger partial charge < -0.3 is 19.9 Å². The Morgan fingerprint density at radius 2 is 1.91 bits per heavy atom. The maximum absolute atomic E-state index is 12.6. The van der Waals surface area contributed by atoms with Crippen LogP contribution < -0.4 is 21.6 Å². The average Bonchev–Trinajstić information content (AvgIpc) is 2.79. The lowest BCUT2D eigenvalue weighted by molar-refractivity contribution is -0.129. The summed E-state index contributed by atoms with van der Waals surface area (Å²) >= 11 is 0. The van der Waals surface area contributed by atoms with E-state index in [2.05, 4.69) is 32.3 Å². The van der Waals surface area contributed by atoms with Crippen molar-refractivity contribution in [3.63, 3.8) is 0 Å². The van der Waals surface area contributed by atoms with Crippen molar-refractivity contribution in [1.29, 1.82) is 0 Å². The summed E-state index contributed by atoms with van der Waals surface area (Å²) in [5, 5.41) is 3.15. The number of aromatic nitrogens is 3. The van der Waals surface area contributed by atoms with Gasteiger partial charge in [-0.05, 0) is 37.5 Å². The van der Waals surface area contributed by atoms with Gasteiger partial charge in [0.1, 0.15) is 0 Å². The van der Waals surface area contributed by atoms with Crippen molar-refractivity contribution in [2.75, 3.05) is 49.6 Å². The lowest BCUT2D eigenvalue weighted by atomic mass is 10.1. The van der Waals surface area contributed by atoms with Crippen LogP contribution in [0.3, 0.4) is 0 Å². The zero-order chi connectivity index (χ0) is 22.7. The van der Waals surface area contributed by atoms with E-state index >= 15 is 0 Å². The molecule has 1 aromatic carbocycles. The minimum Gasteiger partial charge on any atom is -0.381 e. The van der Waals surface area contributed by atoms with Gasteiger partial charge in [0.2, 0.25) is 11.9 Å². The molecule has 0 radical (unpaired) electrons. The first kappa shape index (κ1) is 22.1. The maximum atomic E-state index is 12.6. The number of aromatic amines is 1. The van der Waals surface area contributed by atoms with Crippen molar-refractivity contribution in [3.05, 3.63) is 50.8 Å². The van der Waals surface area contributed by atoms with Crippen LogP contribution in [0.4, 0.5) is 11.6 Å². The van der Waals surface area contributed by atoms with Crippen molar-refractivity contribution >= 4 is 17.5 Å². The van der Waals surface area contributed by atoms with E-state index in [0.717, 1.165) is 24.3 Å². The van der Waals surface area contributed by atoms with Crippen LogP contribution in [0.1, 0.15) is 44.3 Å². The minimum absolute atomic E-state index is 0.108. The van der Waals surface area contributed by atoms with Gasteiger partial charge in [0.25, 0.3) is 0 Å². The topological polar surface area (TPSA) is 113 Å². The molecule has 2 N–H and O–H groups in total. The van der Waals surface area contributed by atoms with Crippen LogP contribution in [0.15, 0.2) is 33.9 Å². The third-order valence-electron chi connectivity index (χ3n) is 6.23. The molecule has 0 aliphatic carbocycles. The smallest absolute Gasteiger partial charge is 0.355 e. The predicted octanol–water partition coefficient (Wildman–Crippen LogP) is 1.12. The van der Waals surface area contributed by atoms with E-state index in [1.165, 1.54) is 4.57 Å². The number of hydrogen-bond donors (Lipinski definition) is 2. The Morgan fingerprint density at radius 3 is 2.56 bits per heavy atom. The fourth-order valence-corrected chi connectivity index (χ4v) is 4.32. The lowest BCUT2D eigenvalue weighted by Crippen LogP contribution is -2.48. The van der Waals surface area contributed by atoms with E-state index in [9.17, 15) is 14.4 Å². The van der Waals surface area contributed by atoms with E-state index < -0.39 is 11.4 Å². The standard InChI is InChI=1S/C22H30N6O4/c1-15(17-4-3-5-19(14-17)27-10-8-26(9-11-27)16(2)29)23-20-24-21(30)28(22(31)25-20)18-6-12-32-13-7-18/h3-5,14-15,18H,6-13H2,1-2H3,(H2,23,24,25,30,31)/t15-/m0/s1. The Kier molecular flexibility index (Phi) is 6.59. The quantitative estimate of drug-likeness (QED) is 0.714. The van der Waals surface area contributed by atoms with Crippen LogP contribution in [0.5, 0.6) is 0 Å². The number of anilines is 2.